The summed E-state index contributed by atoms with van der Waals surface area (Å²) < 4.78 is 5.07. The number of nitrogens with zero attached hydrogens (tertiary/aromatic N) is 2. The van der Waals surface area contributed by atoms with Gasteiger partial charge in [-0.05, 0) is 37.5 Å². The maximum Gasteiger partial charge on any atom is 0.250 e. The molecule has 0 bridgehead atoms. The number of nitrogens with one attached hydrogen (secondary N) is 1. The van der Waals surface area contributed by atoms with Crippen molar-refractivity contribution in [3.8, 4) is 0 Å². The van der Waals surface area contributed by atoms with E-state index in [1.807, 2.05) is 12.2 Å². The molecule has 2 heterocycles. The van der Waals surface area contributed by atoms with Gasteiger partial charge in [-0.3, -0.25) is 9.59 Å². The molecule has 1 unspecified atom stereocenters. The van der Waals surface area contributed by atoms with Gasteiger partial charge in [0, 0.05) is 23.3 Å². The highest BCUT2D eigenvalue weighted by Gasteiger charge is 2.28. The van der Waals surface area contributed by atoms with Crippen molar-refractivity contribution in [2.24, 2.45) is 16.8 Å². The highest BCUT2D eigenvalue weighted by Crippen LogP contribution is 2.31. The van der Waals surface area contributed by atoms with Crippen LogP contribution in [0.4, 0.5) is 0 Å². The smallest absolute Gasteiger partial charge is 0.250 e. The second-order valence-electron chi connectivity index (χ2n) is 6.63. The van der Waals surface area contributed by atoms with Gasteiger partial charge in [-0.25, -0.2) is 4.99 Å². The van der Waals surface area contributed by atoms with Crippen LogP contribution in [0.2, 0.25) is 0 Å². The lowest BCUT2D eigenvalue weighted by Crippen LogP contribution is -2.34. The SMILES string of the molecule is Cc1noc(C)c1CC(=O)N=C1C=CC2C(=C1)NC(=O)C=C2C(C)C. The van der Waals surface area contributed by atoms with Crippen LogP contribution in [0.15, 0.2) is 45.1 Å². The number of fused-ring (bicyclic) bond motifs is 1. The first-order valence-corrected chi connectivity index (χ1v) is 8.30. The molecule has 6 heteroatoms. The van der Waals surface area contributed by atoms with E-state index >= 15 is 0 Å². The standard InChI is InChI=1S/C19H21N3O3/c1-10(2)15-8-19(24)21-17-7-13(5-6-14(15)17)20-18(23)9-16-11(3)22-25-12(16)4/h5-8,10,14H,9H2,1-4H3,(H,21,24). The minimum absolute atomic E-state index is 0.0364. The van der Waals surface area contributed by atoms with Crippen LogP contribution in [-0.4, -0.2) is 22.7 Å². The molecular formula is C19H21N3O3. The fourth-order valence-corrected chi connectivity index (χ4v) is 3.10. The molecule has 1 atom stereocenters. The zero-order chi connectivity index (χ0) is 18.1. The van der Waals surface area contributed by atoms with E-state index < -0.39 is 0 Å². The van der Waals surface area contributed by atoms with E-state index in [0.717, 1.165) is 16.8 Å². The summed E-state index contributed by atoms with van der Waals surface area (Å²) in [6.45, 7) is 7.70. The molecule has 0 radical (unpaired) electrons. The topological polar surface area (TPSA) is 84.6 Å². The maximum atomic E-state index is 12.3. The largest absolute Gasteiger partial charge is 0.361 e. The van der Waals surface area contributed by atoms with Crippen LogP contribution in [-0.2, 0) is 16.0 Å². The van der Waals surface area contributed by atoms with Crippen molar-refractivity contribution in [1.82, 2.24) is 10.5 Å². The molecule has 0 aromatic carbocycles. The summed E-state index contributed by atoms with van der Waals surface area (Å²) in [4.78, 5) is 28.3. The Kier molecular flexibility index (Phi) is 4.53. The van der Waals surface area contributed by atoms with Gasteiger partial charge in [0.15, 0.2) is 0 Å². The highest BCUT2D eigenvalue weighted by atomic mass is 16.5. The Morgan fingerprint density at radius 2 is 2.12 bits per heavy atom. The van der Waals surface area contributed by atoms with Crippen LogP contribution in [0.1, 0.15) is 30.9 Å². The van der Waals surface area contributed by atoms with Crippen LogP contribution >= 0.6 is 0 Å². The maximum absolute atomic E-state index is 12.3. The number of carbonyl (C=O) groups excluding carboxylic acids is 2. The lowest BCUT2D eigenvalue weighted by Gasteiger charge is -2.29. The molecule has 0 saturated heterocycles. The summed E-state index contributed by atoms with van der Waals surface area (Å²) in [6.07, 6.45) is 7.37. The predicted octanol–water partition coefficient (Wildman–Crippen LogP) is 2.58. The molecule has 1 N–H and O–H groups in total. The molecule has 6 nitrogen and oxygen atoms in total. The van der Waals surface area contributed by atoms with Crippen molar-refractivity contribution in [3.63, 3.8) is 0 Å². The molecule has 1 aromatic rings. The van der Waals surface area contributed by atoms with E-state index in [1.165, 1.54) is 0 Å². The summed E-state index contributed by atoms with van der Waals surface area (Å²) in [5.41, 5.74) is 3.84. The third-order valence-electron chi connectivity index (χ3n) is 4.45. The summed E-state index contributed by atoms with van der Waals surface area (Å²) in [6, 6.07) is 0. The fraction of sp³-hybridized carbons (Fsp3) is 0.368. The number of rotatable bonds is 3. The first kappa shape index (κ1) is 17.1. The van der Waals surface area contributed by atoms with Gasteiger partial charge in [0.1, 0.15) is 5.76 Å². The number of aliphatic imine (C=N–C) groups is 1. The predicted molar refractivity (Wildman–Crippen MR) is 93.9 cm³/mol. The van der Waals surface area contributed by atoms with Crippen molar-refractivity contribution in [2.75, 3.05) is 0 Å². The molecule has 0 spiro atoms. The summed E-state index contributed by atoms with van der Waals surface area (Å²) in [5, 5.41) is 6.70. The molecule has 25 heavy (non-hydrogen) atoms. The van der Waals surface area contributed by atoms with Gasteiger partial charge in [0.05, 0.1) is 17.8 Å². The monoisotopic (exact) mass is 339 g/mol. The van der Waals surface area contributed by atoms with Crippen molar-refractivity contribution in [3.05, 3.63) is 52.6 Å². The first-order chi connectivity index (χ1) is 11.8. The number of hydrogen-bond acceptors (Lipinski definition) is 4. The third-order valence-corrected chi connectivity index (χ3v) is 4.45. The van der Waals surface area contributed by atoms with Gasteiger partial charge in [-0.1, -0.05) is 25.1 Å². The summed E-state index contributed by atoms with van der Waals surface area (Å²) in [5.74, 6) is 0.530. The molecule has 130 valence electrons. The highest BCUT2D eigenvalue weighted by molar-refractivity contribution is 6.11. The molecule has 1 aliphatic carbocycles. The minimum Gasteiger partial charge on any atom is -0.361 e. The number of hydrogen-bond donors (Lipinski definition) is 1. The van der Waals surface area contributed by atoms with Crippen LogP contribution in [0.3, 0.4) is 0 Å². The van der Waals surface area contributed by atoms with Crippen molar-refractivity contribution in [2.45, 2.75) is 34.1 Å². The Morgan fingerprint density at radius 1 is 1.36 bits per heavy atom. The normalized spacial score (nSPS) is 21.1. The molecule has 3 rings (SSSR count). The molecule has 1 aromatic heterocycles. The molecular weight excluding hydrogens is 318 g/mol. The van der Waals surface area contributed by atoms with Crippen LogP contribution in [0, 0.1) is 25.7 Å². The molecule has 2 amide bonds. The van der Waals surface area contributed by atoms with Gasteiger partial charge in [-0.2, -0.15) is 0 Å². The van der Waals surface area contributed by atoms with Gasteiger partial charge < -0.3 is 9.84 Å². The number of aromatic nitrogens is 1. The number of allylic oxidation sites excluding steroid dienone is 3. The van der Waals surface area contributed by atoms with Crippen molar-refractivity contribution in [1.29, 1.82) is 0 Å². The van der Waals surface area contributed by atoms with Gasteiger partial charge in [0.2, 0.25) is 5.91 Å². The van der Waals surface area contributed by atoms with E-state index in [2.05, 4.69) is 29.3 Å². The molecule has 0 saturated carbocycles. The zero-order valence-corrected chi connectivity index (χ0v) is 14.8. The average molecular weight is 339 g/mol. The summed E-state index contributed by atoms with van der Waals surface area (Å²) in [7, 11) is 0. The van der Waals surface area contributed by atoms with Crippen LogP contribution in [0.5, 0.6) is 0 Å². The minimum atomic E-state index is -0.272. The zero-order valence-electron chi connectivity index (χ0n) is 14.8. The van der Waals surface area contributed by atoms with Gasteiger partial charge in [-0.15, -0.1) is 0 Å². The van der Waals surface area contributed by atoms with Gasteiger partial charge in [0.25, 0.3) is 5.91 Å². The Labute approximate surface area is 146 Å². The number of carbonyl (C=O) groups is 2. The Morgan fingerprint density at radius 3 is 2.76 bits per heavy atom. The van der Waals surface area contributed by atoms with E-state index in [9.17, 15) is 9.59 Å². The second kappa shape index (κ2) is 6.63. The third kappa shape index (κ3) is 3.52. The second-order valence-corrected chi connectivity index (χ2v) is 6.63. The van der Waals surface area contributed by atoms with E-state index in [1.54, 1.807) is 26.0 Å². The lowest BCUT2D eigenvalue weighted by atomic mass is 9.82. The van der Waals surface area contributed by atoms with Gasteiger partial charge >= 0.3 is 0 Å². The van der Waals surface area contributed by atoms with Crippen LogP contribution in [0.25, 0.3) is 0 Å². The van der Waals surface area contributed by atoms with E-state index in [-0.39, 0.29) is 30.1 Å². The Hall–Kier alpha value is -2.76. The van der Waals surface area contributed by atoms with Crippen molar-refractivity contribution >= 4 is 17.5 Å². The Bertz CT molecular complexity index is 834. The Balaban J connectivity index is 1.81. The molecule has 1 aliphatic heterocycles. The van der Waals surface area contributed by atoms with Crippen LogP contribution < -0.4 is 5.32 Å². The number of amides is 2. The van der Waals surface area contributed by atoms with Crippen molar-refractivity contribution < 1.29 is 14.1 Å². The lowest BCUT2D eigenvalue weighted by molar-refractivity contribution is -0.117. The first-order valence-electron chi connectivity index (χ1n) is 8.30. The number of aryl methyl sites for hydroxylation is 2. The fourth-order valence-electron chi connectivity index (χ4n) is 3.10. The quantitative estimate of drug-likeness (QED) is 0.917. The average Bonchev–Trinajstić information content (AvgIpc) is 2.85. The summed E-state index contributed by atoms with van der Waals surface area (Å²) >= 11 is 0. The molecule has 2 aliphatic rings. The van der Waals surface area contributed by atoms with E-state index in [4.69, 9.17) is 4.52 Å². The van der Waals surface area contributed by atoms with E-state index in [0.29, 0.717) is 17.2 Å². The molecule has 0 fully saturated rings.